The van der Waals surface area contributed by atoms with Gasteiger partial charge in [-0.2, -0.15) is 9.40 Å². The van der Waals surface area contributed by atoms with Crippen molar-refractivity contribution in [2.45, 2.75) is 38.6 Å². The van der Waals surface area contributed by atoms with Crippen molar-refractivity contribution in [3.05, 3.63) is 48.0 Å². The Bertz CT molecular complexity index is 1190. The number of anilines is 1. The van der Waals surface area contributed by atoms with Gasteiger partial charge in [0, 0.05) is 24.5 Å². The molecule has 0 fully saturated rings. The van der Waals surface area contributed by atoms with Gasteiger partial charge in [-0.1, -0.05) is 13.8 Å². The van der Waals surface area contributed by atoms with Crippen LogP contribution < -0.4 is 5.32 Å². The predicted molar refractivity (Wildman–Crippen MR) is 112 cm³/mol. The largest absolute Gasteiger partial charge is 0.320 e. The topological polar surface area (TPSA) is 97.2 Å². The Morgan fingerprint density at radius 2 is 1.90 bits per heavy atom. The standard InChI is InChI=1S/C20H24FN5O3S/c1-5-25(6-2)30(28,29)16-7-8-18(21)17(10-16)20(27)24-15-9-14-11-23-26(13(3)4)19(14)22-12-15/h7-13H,5-6H2,1-4H3,(H,24,27). The molecule has 0 aliphatic heterocycles. The second kappa shape index (κ2) is 8.49. The zero-order chi connectivity index (χ0) is 22.1. The number of halogens is 1. The number of nitrogens with one attached hydrogen (secondary N) is 1. The number of rotatable bonds is 7. The van der Waals surface area contributed by atoms with Gasteiger partial charge in [0.25, 0.3) is 5.91 Å². The van der Waals surface area contributed by atoms with Crippen LogP contribution in [0, 0.1) is 5.82 Å². The zero-order valence-corrected chi connectivity index (χ0v) is 18.1. The second-order valence-corrected chi connectivity index (χ2v) is 8.94. The fraction of sp³-hybridized carbons (Fsp3) is 0.350. The van der Waals surface area contributed by atoms with Crippen molar-refractivity contribution in [3.8, 4) is 0 Å². The summed E-state index contributed by atoms with van der Waals surface area (Å²) in [7, 11) is -3.82. The number of amides is 1. The lowest BCUT2D eigenvalue weighted by molar-refractivity contribution is 0.102. The first-order valence-corrected chi connectivity index (χ1v) is 11.1. The molecule has 0 radical (unpaired) electrons. The Hall–Kier alpha value is -2.85. The molecule has 0 unspecified atom stereocenters. The van der Waals surface area contributed by atoms with E-state index < -0.39 is 21.7 Å². The van der Waals surface area contributed by atoms with E-state index in [1.165, 1.54) is 10.5 Å². The van der Waals surface area contributed by atoms with Crippen molar-refractivity contribution >= 4 is 32.7 Å². The molecule has 160 valence electrons. The molecule has 3 rings (SSSR count). The van der Waals surface area contributed by atoms with Crippen LogP contribution in [-0.2, 0) is 10.0 Å². The molecule has 0 aliphatic rings. The highest BCUT2D eigenvalue weighted by molar-refractivity contribution is 7.89. The molecule has 0 saturated heterocycles. The highest BCUT2D eigenvalue weighted by Crippen LogP contribution is 2.22. The molecule has 1 aromatic carbocycles. The van der Waals surface area contributed by atoms with Crippen LogP contribution in [0.25, 0.3) is 11.0 Å². The van der Waals surface area contributed by atoms with E-state index in [9.17, 15) is 17.6 Å². The lowest BCUT2D eigenvalue weighted by Crippen LogP contribution is -2.31. The van der Waals surface area contributed by atoms with Crippen molar-refractivity contribution in [1.82, 2.24) is 19.1 Å². The van der Waals surface area contributed by atoms with E-state index in [1.807, 2.05) is 13.8 Å². The Kier molecular flexibility index (Phi) is 6.18. The van der Waals surface area contributed by atoms with E-state index >= 15 is 0 Å². The van der Waals surface area contributed by atoms with Crippen LogP contribution in [0.1, 0.15) is 44.1 Å². The van der Waals surface area contributed by atoms with Crippen molar-refractivity contribution in [1.29, 1.82) is 0 Å². The van der Waals surface area contributed by atoms with Gasteiger partial charge in [0.2, 0.25) is 10.0 Å². The molecule has 2 heterocycles. The van der Waals surface area contributed by atoms with Gasteiger partial charge in [0.1, 0.15) is 5.82 Å². The Morgan fingerprint density at radius 3 is 2.53 bits per heavy atom. The van der Waals surface area contributed by atoms with Gasteiger partial charge in [0.15, 0.2) is 5.65 Å². The fourth-order valence-electron chi connectivity index (χ4n) is 3.14. The van der Waals surface area contributed by atoms with E-state index in [2.05, 4.69) is 15.4 Å². The molecule has 30 heavy (non-hydrogen) atoms. The monoisotopic (exact) mass is 433 g/mol. The quantitative estimate of drug-likeness (QED) is 0.616. The molecule has 2 aromatic heterocycles. The number of carbonyl (C=O) groups is 1. The Morgan fingerprint density at radius 1 is 1.20 bits per heavy atom. The summed E-state index contributed by atoms with van der Waals surface area (Å²) in [6.07, 6.45) is 3.09. The van der Waals surface area contributed by atoms with Crippen LogP contribution in [0.5, 0.6) is 0 Å². The number of nitrogens with zero attached hydrogens (tertiary/aromatic N) is 4. The lowest BCUT2D eigenvalue weighted by atomic mass is 10.2. The predicted octanol–water partition coefficient (Wildman–Crippen LogP) is 3.43. The maximum absolute atomic E-state index is 14.3. The molecule has 3 aromatic rings. The van der Waals surface area contributed by atoms with E-state index in [1.54, 1.807) is 30.8 Å². The van der Waals surface area contributed by atoms with E-state index in [-0.39, 0.29) is 29.6 Å². The summed E-state index contributed by atoms with van der Waals surface area (Å²) >= 11 is 0. The highest BCUT2D eigenvalue weighted by atomic mass is 32.2. The average molecular weight is 434 g/mol. The van der Waals surface area contributed by atoms with Gasteiger partial charge in [-0.15, -0.1) is 0 Å². The highest BCUT2D eigenvalue weighted by Gasteiger charge is 2.24. The van der Waals surface area contributed by atoms with E-state index in [0.717, 1.165) is 23.6 Å². The van der Waals surface area contributed by atoms with E-state index in [0.29, 0.717) is 11.3 Å². The fourth-order valence-corrected chi connectivity index (χ4v) is 4.62. The van der Waals surface area contributed by atoms with Gasteiger partial charge in [-0.05, 0) is 38.1 Å². The van der Waals surface area contributed by atoms with Crippen LogP contribution in [0.4, 0.5) is 10.1 Å². The Balaban J connectivity index is 1.91. The number of aromatic nitrogens is 3. The van der Waals surface area contributed by atoms with Crippen LogP contribution in [0.3, 0.4) is 0 Å². The average Bonchev–Trinajstić information content (AvgIpc) is 3.12. The molecule has 8 nitrogen and oxygen atoms in total. The van der Waals surface area contributed by atoms with Crippen molar-refractivity contribution < 1.29 is 17.6 Å². The summed E-state index contributed by atoms with van der Waals surface area (Å²) in [5.41, 5.74) is 0.662. The molecule has 0 spiro atoms. The number of hydrogen-bond donors (Lipinski definition) is 1. The molecule has 1 N–H and O–H groups in total. The minimum absolute atomic E-state index is 0.125. The van der Waals surface area contributed by atoms with Crippen LogP contribution in [-0.4, -0.2) is 46.5 Å². The molecule has 0 atom stereocenters. The maximum Gasteiger partial charge on any atom is 0.258 e. The number of pyridine rings is 1. The minimum Gasteiger partial charge on any atom is -0.320 e. The smallest absolute Gasteiger partial charge is 0.258 e. The number of hydrogen-bond acceptors (Lipinski definition) is 5. The van der Waals surface area contributed by atoms with Crippen LogP contribution in [0.2, 0.25) is 0 Å². The van der Waals surface area contributed by atoms with Gasteiger partial charge in [0.05, 0.1) is 28.5 Å². The van der Waals surface area contributed by atoms with Crippen molar-refractivity contribution in [3.63, 3.8) is 0 Å². The van der Waals surface area contributed by atoms with Gasteiger partial charge < -0.3 is 5.32 Å². The van der Waals surface area contributed by atoms with Crippen molar-refractivity contribution in [2.24, 2.45) is 0 Å². The Labute approximate surface area is 174 Å². The lowest BCUT2D eigenvalue weighted by Gasteiger charge is -2.19. The number of benzene rings is 1. The first kappa shape index (κ1) is 21.8. The maximum atomic E-state index is 14.3. The van der Waals surface area contributed by atoms with Crippen LogP contribution in [0.15, 0.2) is 41.6 Å². The molecule has 0 aliphatic carbocycles. The molecule has 0 bridgehead atoms. The van der Waals surface area contributed by atoms with Gasteiger partial charge in [-0.3, -0.25) is 4.79 Å². The minimum atomic E-state index is -3.82. The summed E-state index contributed by atoms with van der Waals surface area (Å²) in [6, 6.07) is 5.01. The first-order valence-electron chi connectivity index (χ1n) is 9.63. The molecule has 10 heteroatoms. The third-order valence-electron chi connectivity index (χ3n) is 4.71. The van der Waals surface area contributed by atoms with E-state index in [4.69, 9.17) is 0 Å². The molecule has 0 saturated carbocycles. The third-order valence-corrected chi connectivity index (χ3v) is 6.75. The third kappa shape index (κ3) is 4.05. The van der Waals surface area contributed by atoms with Crippen LogP contribution >= 0.6 is 0 Å². The number of carbonyl (C=O) groups excluding carboxylic acids is 1. The summed E-state index contributed by atoms with van der Waals surface area (Å²) < 4.78 is 42.7. The number of fused-ring (bicyclic) bond motifs is 1. The van der Waals surface area contributed by atoms with Gasteiger partial charge in [-0.25, -0.2) is 22.5 Å². The number of sulfonamides is 1. The normalized spacial score (nSPS) is 12.1. The SMILES string of the molecule is CCN(CC)S(=O)(=O)c1ccc(F)c(C(=O)Nc2cnc3c(cnn3C(C)C)c2)c1. The van der Waals surface area contributed by atoms with Gasteiger partial charge >= 0.3 is 0 Å². The summed E-state index contributed by atoms with van der Waals surface area (Å²) in [6.45, 7) is 7.92. The second-order valence-electron chi connectivity index (χ2n) is 7.00. The zero-order valence-electron chi connectivity index (χ0n) is 17.3. The molecule has 1 amide bonds. The summed E-state index contributed by atoms with van der Waals surface area (Å²) in [5.74, 6) is -1.57. The van der Waals surface area contributed by atoms with Crippen molar-refractivity contribution in [2.75, 3.05) is 18.4 Å². The summed E-state index contributed by atoms with van der Waals surface area (Å²) in [4.78, 5) is 16.9. The first-order chi connectivity index (χ1) is 14.2. The summed E-state index contributed by atoms with van der Waals surface area (Å²) in [5, 5.41) is 7.57. The molecular weight excluding hydrogens is 409 g/mol. The molecular formula is C20H24FN5O3S.